The summed E-state index contributed by atoms with van der Waals surface area (Å²) in [7, 11) is 9.52. The second-order valence-electron chi connectivity index (χ2n) is 8.13. The first-order chi connectivity index (χ1) is 11.2. The fourth-order valence-corrected chi connectivity index (χ4v) is 3.53. The van der Waals surface area contributed by atoms with Crippen LogP contribution < -0.4 is 0 Å². The Balaban J connectivity index is 0.000000291. The van der Waals surface area contributed by atoms with Gasteiger partial charge >= 0.3 is 0 Å². The van der Waals surface area contributed by atoms with Gasteiger partial charge in [-0.3, -0.25) is 0 Å². The van der Waals surface area contributed by atoms with Crippen molar-refractivity contribution in [1.29, 1.82) is 0 Å². The highest BCUT2D eigenvalue weighted by molar-refractivity contribution is 6.38. The Hall–Kier alpha value is 0.260. The van der Waals surface area contributed by atoms with E-state index in [2.05, 4.69) is 49.9 Å². The van der Waals surface area contributed by atoms with E-state index >= 15 is 0 Å². The van der Waals surface area contributed by atoms with Crippen LogP contribution in [0.2, 0.25) is 50.1 Å². The van der Waals surface area contributed by atoms with Crippen LogP contribution in [0.4, 0.5) is 0 Å². The Bertz CT molecular complexity index is 197. The Kier molecular flexibility index (Phi) is 16.9. The zero-order valence-corrected chi connectivity index (χ0v) is 16.2. The topological polar surface area (TPSA) is 0 Å². The minimum atomic E-state index is 0. The fourth-order valence-electron chi connectivity index (χ4n) is 3.53. The maximum Gasteiger partial charge on any atom is 0.113 e. The molecule has 0 amide bonds. The molecular weight excluding hydrogens is 283 g/mol. The lowest BCUT2D eigenvalue weighted by atomic mass is 9.69. The van der Waals surface area contributed by atoms with Gasteiger partial charge in [0.25, 0.3) is 0 Å². The van der Waals surface area contributed by atoms with Gasteiger partial charge in [0, 0.05) is 0 Å². The van der Waals surface area contributed by atoms with Gasteiger partial charge in [0.05, 0.1) is 0 Å². The van der Waals surface area contributed by atoms with Crippen LogP contribution in [-0.4, -0.2) is 29.1 Å². The molecular formula is C20H42B4. The lowest BCUT2D eigenvalue weighted by Gasteiger charge is -1.92. The minimum absolute atomic E-state index is 0. The summed E-state index contributed by atoms with van der Waals surface area (Å²) in [4.78, 5) is 0. The molecule has 4 heterocycles. The summed E-state index contributed by atoms with van der Waals surface area (Å²) in [5.41, 5.74) is 0. The van der Waals surface area contributed by atoms with Crippen molar-refractivity contribution >= 4 is 29.1 Å². The van der Waals surface area contributed by atoms with Crippen molar-refractivity contribution in [2.75, 3.05) is 0 Å². The van der Waals surface area contributed by atoms with E-state index in [1.165, 1.54) is 82.8 Å². The third-order valence-electron chi connectivity index (χ3n) is 5.36. The second kappa shape index (κ2) is 16.7. The fraction of sp³-hybridized carbons (Fsp3) is 1.00. The molecule has 4 fully saturated rings. The van der Waals surface area contributed by atoms with Gasteiger partial charge in [-0.1, -0.05) is 129 Å². The quantitative estimate of drug-likeness (QED) is 0.429. The highest BCUT2D eigenvalue weighted by atomic mass is 14.0. The Morgan fingerprint density at radius 2 is 1.12 bits per heavy atom. The van der Waals surface area contributed by atoms with Crippen LogP contribution >= 0.6 is 0 Å². The van der Waals surface area contributed by atoms with Crippen LogP contribution in [0, 0.1) is 11.8 Å². The summed E-state index contributed by atoms with van der Waals surface area (Å²) >= 11 is 0. The molecule has 3 unspecified atom stereocenters. The molecule has 4 rings (SSSR count). The Morgan fingerprint density at radius 3 is 1.25 bits per heavy atom. The molecule has 4 saturated heterocycles. The largest absolute Gasteiger partial charge is 0.113 e. The SMILES string of the molecule is C.CC1C[B]CC1.CC1C[B]CC1.CC1[B]CCC1.[B]1CCCC1. The molecule has 0 saturated carbocycles. The maximum atomic E-state index is 2.40. The van der Waals surface area contributed by atoms with Crippen LogP contribution in [0.3, 0.4) is 0 Å². The molecule has 4 radical (unpaired) electrons. The molecule has 3 atom stereocenters. The van der Waals surface area contributed by atoms with E-state index in [9.17, 15) is 0 Å². The number of hydrogen-bond donors (Lipinski definition) is 0. The van der Waals surface area contributed by atoms with Crippen molar-refractivity contribution in [2.45, 2.75) is 117 Å². The summed E-state index contributed by atoms with van der Waals surface area (Å²) in [6, 6.07) is 0. The van der Waals surface area contributed by atoms with Gasteiger partial charge < -0.3 is 0 Å². The van der Waals surface area contributed by atoms with Crippen molar-refractivity contribution < 1.29 is 0 Å². The predicted molar refractivity (Wildman–Crippen MR) is 119 cm³/mol. The van der Waals surface area contributed by atoms with Gasteiger partial charge in [0.2, 0.25) is 0 Å². The lowest BCUT2D eigenvalue weighted by molar-refractivity contribution is 0.658. The van der Waals surface area contributed by atoms with E-state index in [-0.39, 0.29) is 7.43 Å². The summed E-state index contributed by atoms with van der Waals surface area (Å²) in [5.74, 6) is 2.90. The Morgan fingerprint density at radius 1 is 0.583 bits per heavy atom. The van der Waals surface area contributed by atoms with Gasteiger partial charge in [-0.15, -0.1) is 0 Å². The maximum absolute atomic E-state index is 2.40. The molecule has 4 aliphatic heterocycles. The Labute approximate surface area is 158 Å². The third kappa shape index (κ3) is 14.6. The van der Waals surface area contributed by atoms with Crippen LogP contribution in [0.15, 0.2) is 0 Å². The highest BCUT2D eigenvalue weighted by Gasteiger charge is 2.09. The molecule has 0 N–H and O–H groups in total. The predicted octanol–water partition coefficient (Wildman–Crippen LogP) is 6.80. The highest BCUT2D eigenvalue weighted by Crippen LogP contribution is 2.21. The smallest absolute Gasteiger partial charge is 0.0803 e. The van der Waals surface area contributed by atoms with Crippen LogP contribution in [0.25, 0.3) is 0 Å². The molecule has 24 heavy (non-hydrogen) atoms. The average molecular weight is 326 g/mol. The van der Waals surface area contributed by atoms with Gasteiger partial charge in [-0.05, 0) is 0 Å². The summed E-state index contributed by atoms with van der Waals surface area (Å²) in [6.07, 6.45) is 18.2. The van der Waals surface area contributed by atoms with Crippen molar-refractivity contribution in [3.8, 4) is 0 Å². The van der Waals surface area contributed by atoms with E-state index in [0.29, 0.717) is 0 Å². The molecule has 0 nitrogen and oxygen atoms in total. The average Bonchev–Trinajstić information content (AvgIpc) is 3.31. The first kappa shape index (κ1) is 24.3. The molecule has 134 valence electrons. The van der Waals surface area contributed by atoms with Gasteiger partial charge in [0.15, 0.2) is 0 Å². The van der Waals surface area contributed by atoms with E-state index in [0.717, 1.165) is 17.7 Å². The molecule has 0 aromatic heterocycles. The molecule has 0 aromatic carbocycles. The monoisotopic (exact) mass is 326 g/mol. The minimum Gasteiger partial charge on any atom is -0.0803 e. The van der Waals surface area contributed by atoms with E-state index in [1.807, 2.05) is 0 Å². The second-order valence-corrected chi connectivity index (χ2v) is 8.13. The van der Waals surface area contributed by atoms with Crippen molar-refractivity contribution in [1.82, 2.24) is 0 Å². The van der Waals surface area contributed by atoms with E-state index < -0.39 is 0 Å². The molecule has 4 aliphatic rings. The molecule has 0 spiro atoms. The molecule has 4 heteroatoms. The zero-order chi connectivity index (χ0) is 16.8. The summed E-state index contributed by atoms with van der Waals surface area (Å²) in [5, 5.41) is 0. The third-order valence-corrected chi connectivity index (χ3v) is 5.36. The van der Waals surface area contributed by atoms with Crippen LogP contribution in [0.1, 0.15) is 66.7 Å². The lowest BCUT2D eigenvalue weighted by Crippen LogP contribution is -1.83. The standard InChI is InChI=1S/3C5H10B.C4H8B.CH4/c2*1-5-2-3-6-4-5;1-5-3-2-4-6-5;1-2-4-5-3-1;/h3*5H,2-4H2,1H3;1-4H2;1H4. The molecule has 0 bridgehead atoms. The molecule has 0 aromatic rings. The van der Waals surface area contributed by atoms with E-state index in [1.54, 1.807) is 0 Å². The first-order valence-corrected chi connectivity index (χ1v) is 10.5. The zero-order valence-electron chi connectivity index (χ0n) is 16.2. The number of hydrogen-bond acceptors (Lipinski definition) is 0. The van der Waals surface area contributed by atoms with Crippen molar-refractivity contribution in [2.24, 2.45) is 11.8 Å². The van der Waals surface area contributed by atoms with Gasteiger partial charge in [-0.25, -0.2) is 0 Å². The van der Waals surface area contributed by atoms with Gasteiger partial charge in [-0.2, -0.15) is 0 Å². The van der Waals surface area contributed by atoms with Crippen LogP contribution in [0.5, 0.6) is 0 Å². The summed E-state index contributed by atoms with van der Waals surface area (Å²) in [6.45, 7) is 6.90. The van der Waals surface area contributed by atoms with E-state index in [4.69, 9.17) is 0 Å². The van der Waals surface area contributed by atoms with Gasteiger partial charge in [0.1, 0.15) is 29.1 Å². The van der Waals surface area contributed by atoms with Crippen molar-refractivity contribution in [3.05, 3.63) is 0 Å². The normalized spacial score (nSPS) is 29.5. The van der Waals surface area contributed by atoms with Crippen molar-refractivity contribution in [3.63, 3.8) is 0 Å². The first-order valence-electron chi connectivity index (χ1n) is 10.5. The number of rotatable bonds is 0. The van der Waals surface area contributed by atoms with Crippen LogP contribution in [-0.2, 0) is 0 Å². The molecule has 0 aliphatic carbocycles. The summed E-state index contributed by atoms with van der Waals surface area (Å²) < 4.78 is 0.